The maximum absolute atomic E-state index is 12.4. The van der Waals surface area contributed by atoms with Crippen molar-refractivity contribution in [2.75, 3.05) is 33.3 Å². The van der Waals surface area contributed by atoms with Crippen LogP contribution < -0.4 is 10.6 Å². The number of nitrogens with zero attached hydrogens (tertiary/aromatic N) is 1. The maximum Gasteiger partial charge on any atom is 0.237 e. The highest BCUT2D eigenvalue weighted by molar-refractivity contribution is 5.81. The number of carbonyl (C=O) groups is 1. The van der Waals surface area contributed by atoms with Crippen molar-refractivity contribution < 1.29 is 9.53 Å². The van der Waals surface area contributed by atoms with Crippen LogP contribution in [0.5, 0.6) is 0 Å². The second-order valence-electron chi connectivity index (χ2n) is 6.71. The molecule has 5 heteroatoms. The molecule has 24 heavy (non-hydrogen) atoms. The lowest BCUT2D eigenvalue weighted by Crippen LogP contribution is -2.49. The predicted octanol–water partition coefficient (Wildman–Crippen LogP) is 1.73. The summed E-state index contributed by atoms with van der Waals surface area (Å²) in [6.07, 6.45) is 1.18. The van der Waals surface area contributed by atoms with Crippen LogP contribution >= 0.6 is 0 Å². The third kappa shape index (κ3) is 5.58. The van der Waals surface area contributed by atoms with Crippen LogP contribution in [-0.2, 0) is 16.0 Å². The summed E-state index contributed by atoms with van der Waals surface area (Å²) in [6, 6.07) is 8.19. The Kier molecular flexibility index (Phi) is 7.21. The molecule has 134 valence electrons. The number of carbonyl (C=O) groups excluding carboxylic acids is 1. The van der Waals surface area contributed by atoms with Gasteiger partial charge in [0, 0.05) is 19.6 Å². The van der Waals surface area contributed by atoms with Gasteiger partial charge in [0.15, 0.2) is 0 Å². The molecule has 0 radical (unpaired) electrons. The minimum atomic E-state index is -0.238. The van der Waals surface area contributed by atoms with Gasteiger partial charge in [0.05, 0.1) is 24.8 Å². The molecular weight excluding hydrogens is 302 g/mol. The molecule has 1 amide bonds. The Hall–Kier alpha value is -1.43. The molecule has 0 bridgehead atoms. The van der Waals surface area contributed by atoms with Gasteiger partial charge in [-0.2, -0.15) is 0 Å². The first-order valence-corrected chi connectivity index (χ1v) is 8.92. The van der Waals surface area contributed by atoms with Gasteiger partial charge in [-0.3, -0.25) is 4.79 Å². The highest BCUT2D eigenvalue weighted by atomic mass is 16.5. The van der Waals surface area contributed by atoms with Gasteiger partial charge in [0.1, 0.15) is 0 Å². The molecule has 1 heterocycles. The van der Waals surface area contributed by atoms with E-state index in [9.17, 15) is 4.79 Å². The summed E-state index contributed by atoms with van der Waals surface area (Å²) < 4.78 is 5.71. The van der Waals surface area contributed by atoms with Gasteiger partial charge in [-0.05, 0) is 38.4 Å². The lowest BCUT2D eigenvalue weighted by Gasteiger charge is -2.31. The molecule has 0 unspecified atom stereocenters. The number of nitrogens with one attached hydrogen (secondary N) is 2. The van der Waals surface area contributed by atoms with Gasteiger partial charge < -0.3 is 20.3 Å². The van der Waals surface area contributed by atoms with Crippen LogP contribution in [0, 0.1) is 0 Å². The van der Waals surface area contributed by atoms with E-state index in [1.807, 2.05) is 13.8 Å². The van der Waals surface area contributed by atoms with E-state index in [1.165, 1.54) is 5.56 Å². The Morgan fingerprint density at radius 2 is 2.04 bits per heavy atom. The van der Waals surface area contributed by atoms with Crippen LogP contribution in [-0.4, -0.2) is 56.2 Å². The molecule has 5 nitrogen and oxygen atoms in total. The van der Waals surface area contributed by atoms with E-state index >= 15 is 0 Å². The molecule has 1 fully saturated rings. The summed E-state index contributed by atoms with van der Waals surface area (Å²) in [5, 5.41) is 6.36. The normalized spacial score (nSPS) is 21.2. The number of amides is 1. The topological polar surface area (TPSA) is 53.6 Å². The van der Waals surface area contributed by atoms with Crippen molar-refractivity contribution in [1.82, 2.24) is 15.5 Å². The van der Waals surface area contributed by atoms with Crippen molar-refractivity contribution in [3.8, 4) is 0 Å². The fraction of sp³-hybridized carbons (Fsp3) is 0.632. The molecule has 3 atom stereocenters. The van der Waals surface area contributed by atoms with Gasteiger partial charge in [-0.25, -0.2) is 0 Å². The molecule has 1 aromatic carbocycles. The van der Waals surface area contributed by atoms with Crippen molar-refractivity contribution in [3.63, 3.8) is 0 Å². The average Bonchev–Trinajstić information content (AvgIpc) is 2.59. The maximum atomic E-state index is 12.4. The summed E-state index contributed by atoms with van der Waals surface area (Å²) in [6.45, 7) is 9.38. The molecule has 0 aromatic heterocycles. The Bertz CT molecular complexity index is 518. The molecule has 1 aliphatic heterocycles. The first-order chi connectivity index (χ1) is 11.5. The number of hydrogen-bond donors (Lipinski definition) is 2. The Morgan fingerprint density at radius 3 is 2.67 bits per heavy atom. The minimum Gasteiger partial charge on any atom is -0.374 e. The first kappa shape index (κ1) is 18.9. The number of rotatable bonds is 7. The molecule has 1 saturated heterocycles. The molecular formula is C19H31N3O2. The Balaban J connectivity index is 1.77. The Morgan fingerprint density at radius 1 is 1.33 bits per heavy atom. The summed E-state index contributed by atoms with van der Waals surface area (Å²) in [4.78, 5) is 14.6. The van der Waals surface area contributed by atoms with Crippen LogP contribution in [0.15, 0.2) is 24.3 Å². The average molecular weight is 333 g/mol. The Labute approximate surface area is 145 Å². The first-order valence-electron chi connectivity index (χ1n) is 8.92. The van der Waals surface area contributed by atoms with Crippen LogP contribution in [0.2, 0.25) is 0 Å². The quantitative estimate of drug-likeness (QED) is 0.798. The molecule has 1 aromatic rings. The van der Waals surface area contributed by atoms with E-state index in [4.69, 9.17) is 4.74 Å². The number of likely N-dealkylation sites (N-methyl/N-ethyl adjacent to an activating group) is 1. The van der Waals surface area contributed by atoms with Gasteiger partial charge in [-0.1, -0.05) is 31.2 Å². The number of aryl methyl sites for hydroxylation is 1. The zero-order valence-corrected chi connectivity index (χ0v) is 15.3. The van der Waals surface area contributed by atoms with Gasteiger partial charge in [-0.15, -0.1) is 0 Å². The minimum absolute atomic E-state index is 0.00437. The van der Waals surface area contributed by atoms with Gasteiger partial charge in [0.2, 0.25) is 5.91 Å². The highest BCUT2D eigenvalue weighted by Crippen LogP contribution is 2.14. The van der Waals surface area contributed by atoms with Crippen molar-refractivity contribution in [2.45, 2.75) is 45.4 Å². The van der Waals surface area contributed by atoms with Gasteiger partial charge in [0.25, 0.3) is 0 Å². The highest BCUT2D eigenvalue weighted by Gasteiger charge is 2.21. The zero-order valence-electron chi connectivity index (χ0n) is 15.3. The van der Waals surface area contributed by atoms with E-state index < -0.39 is 0 Å². The molecule has 1 aliphatic rings. The third-order valence-corrected chi connectivity index (χ3v) is 4.63. The van der Waals surface area contributed by atoms with Crippen LogP contribution in [0.1, 0.15) is 37.9 Å². The fourth-order valence-corrected chi connectivity index (χ4v) is 2.85. The second kappa shape index (κ2) is 9.16. The van der Waals surface area contributed by atoms with Crippen molar-refractivity contribution in [2.24, 2.45) is 0 Å². The largest absolute Gasteiger partial charge is 0.374 e. The van der Waals surface area contributed by atoms with Crippen molar-refractivity contribution in [3.05, 3.63) is 35.4 Å². The number of morpholine rings is 1. The van der Waals surface area contributed by atoms with Crippen LogP contribution in [0.25, 0.3) is 0 Å². The van der Waals surface area contributed by atoms with E-state index in [2.05, 4.69) is 53.8 Å². The van der Waals surface area contributed by atoms with E-state index in [1.54, 1.807) is 0 Å². The third-order valence-electron chi connectivity index (χ3n) is 4.63. The smallest absolute Gasteiger partial charge is 0.237 e. The molecule has 2 rings (SSSR count). The summed E-state index contributed by atoms with van der Waals surface area (Å²) >= 11 is 0. The number of ether oxygens (including phenoxy) is 1. The number of hydrogen-bond acceptors (Lipinski definition) is 4. The standard InChI is InChI=1S/C19H31N3O2/c1-5-16-6-8-17(9-7-16)14(2)21-19(23)15(3)20-12-18-13-22(4)10-11-24-18/h6-9,14-15,18,20H,5,10-13H2,1-4H3,(H,21,23)/t14-,15-,18-/m0/s1. The molecule has 0 aliphatic carbocycles. The van der Waals surface area contributed by atoms with Crippen LogP contribution in [0.3, 0.4) is 0 Å². The summed E-state index contributed by atoms with van der Waals surface area (Å²) in [5.41, 5.74) is 2.44. The molecule has 2 N–H and O–H groups in total. The van der Waals surface area contributed by atoms with Crippen LogP contribution in [0.4, 0.5) is 0 Å². The fourth-order valence-electron chi connectivity index (χ4n) is 2.85. The molecule has 0 saturated carbocycles. The monoisotopic (exact) mass is 333 g/mol. The summed E-state index contributed by atoms with van der Waals surface area (Å²) in [7, 11) is 2.09. The zero-order chi connectivity index (χ0) is 17.5. The SMILES string of the molecule is CCc1ccc([C@H](C)NC(=O)[C@H](C)NC[C@H]2CN(C)CCO2)cc1. The van der Waals surface area contributed by atoms with Gasteiger partial charge >= 0.3 is 0 Å². The van der Waals surface area contributed by atoms with E-state index in [-0.39, 0.29) is 24.1 Å². The second-order valence-corrected chi connectivity index (χ2v) is 6.71. The van der Waals surface area contributed by atoms with Crippen molar-refractivity contribution in [1.29, 1.82) is 0 Å². The van der Waals surface area contributed by atoms with Crippen molar-refractivity contribution >= 4 is 5.91 Å². The summed E-state index contributed by atoms with van der Waals surface area (Å²) in [5.74, 6) is 0.0197. The van der Waals surface area contributed by atoms with E-state index in [0.29, 0.717) is 6.54 Å². The lowest BCUT2D eigenvalue weighted by molar-refractivity contribution is -0.123. The number of benzene rings is 1. The predicted molar refractivity (Wildman–Crippen MR) is 97.1 cm³/mol. The lowest BCUT2D eigenvalue weighted by atomic mass is 10.0. The van der Waals surface area contributed by atoms with E-state index in [0.717, 1.165) is 31.7 Å². The molecule has 0 spiro atoms.